The van der Waals surface area contributed by atoms with E-state index in [1.165, 1.54) is 0 Å². The maximum absolute atomic E-state index is 8.99. The van der Waals surface area contributed by atoms with Crippen LogP contribution in [-0.4, -0.2) is 0 Å². The molecule has 0 aromatic rings. The van der Waals surface area contributed by atoms with Gasteiger partial charge in [0.05, 0.1) is 0 Å². The zero-order chi connectivity index (χ0) is 3.41. The Morgan fingerprint density at radius 2 is 2.25 bits per heavy atom. The molecule has 0 aliphatic rings. The Balaban J connectivity index is 2.43. The normalized spacial score (nSPS) is 5.00. The van der Waals surface area contributed by atoms with Crippen LogP contribution in [0, 0.1) is 13.1 Å². The Labute approximate surface area is 25.3 Å². The fourth-order valence-electron chi connectivity index (χ4n) is 0. The number of hydrogen-bond acceptors (Lipinski definition) is 0. The SMILES string of the molecule is [CH2]CC#[O+]. The summed E-state index contributed by atoms with van der Waals surface area (Å²) in [4.78, 5) is 0. The van der Waals surface area contributed by atoms with Gasteiger partial charge in [0.2, 0.25) is 0 Å². The van der Waals surface area contributed by atoms with E-state index in [2.05, 4.69) is 6.92 Å². The molecule has 0 heterocycles. The van der Waals surface area contributed by atoms with Crippen molar-refractivity contribution in [2.75, 3.05) is 0 Å². The summed E-state index contributed by atoms with van der Waals surface area (Å²) >= 11 is 0. The molecule has 0 spiro atoms. The van der Waals surface area contributed by atoms with Crippen LogP contribution >= 0.6 is 0 Å². The summed E-state index contributed by atoms with van der Waals surface area (Å²) in [6.45, 7) is 3.18. The molecule has 0 aliphatic carbocycles. The van der Waals surface area contributed by atoms with Crippen LogP contribution in [0.25, 0.3) is 0 Å². The maximum atomic E-state index is 8.99. The van der Waals surface area contributed by atoms with Gasteiger partial charge < -0.3 is 0 Å². The standard InChI is InChI=1S/C3H4O/c1-2-3-4/h1-2H2/q+1. The van der Waals surface area contributed by atoms with Crippen molar-refractivity contribution in [2.24, 2.45) is 0 Å². The molecule has 0 bridgehead atoms. The van der Waals surface area contributed by atoms with E-state index in [1.807, 2.05) is 0 Å². The molecule has 4 heavy (non-hydrogen) atoms. The molecule has 0 unspecified atom stereocenters. The van der Waals surface area contributed by atoms with E-state index in [9.17, 15) is 0 Å². The van der Waals surface area contributed by atoms with Gasteiger partial charge in [-0.3, -0.25) is 0 Å². The molecular weight excluding hydrogens is 52.0 g/mol. The zero-order valence-electron chi connectivity index (χ0n) is 2.32. The first kappa shape index (κ1) is 3.74. The van der Waals surface area contributed by atoms with Gasteiger partial charge in [-0.25, -0.2) is 0 Å². The summed E-state index contributed by atoms with van der Waals surface area (Å²) in [5, 5.41) is 0. The van der Waals surface area contributed by atoms with Crippen LogP contribution < -0.4 is 0 Å². The van der Waals surface area contributed by atoms with Crippen molar-refractivity contribution in [1.82, 2.24) is 0 Å². The van der Waals surface area contributed by atoms with Gasteiger partial charge in [0.25, 0.3) is 0 Å². The minimum atomic E-state index is 0.264. The Kier molecular flexibility index (Phi) is 2.56. The summed E-state index contributed by atoms with van der Waals surface area (Å²) in [7, 11) is 0. The molecule has 0 aliphatic heterocycles. The monoisotopic (exact) mass is 56.0 g/mol. The van der Waals surface area contributed by atoms with E-state index in [0.717, 1.165) is 0 Å². The van der Waals surface area contributed by atoms with E-state index < -0.39 is 0 Å². The van der Waals surface area contributed by atoms with Crippen LogP contribution in [0.3, 0.4) is 0 Å². The van der Waals surface area contributed by atoms with Crippen LogP contribution in [0.4, 0.5) is 0 Å². The van der Waals surface area contributed by atoms with Gasteiger partial charge in [-0.15, -0.1) is 0 Å². The van der Waals surface area contributed by atoms with Crippen LogP contribution in [0.15, 0.2) is 0 Å². The summed E-state index contributed by atoms with van der Waals surface area (Å²) in [5.74, 6) is 0. The van der Waals surface area contributed by atoms with Crippen molar-refractivity contribution < 1.29 is 4.65 Å². The van der Waals surface area contributed by atoms with Gasteiger partial charge >= 0.3 is 24.1 Å². The third-order valence-corrected chi connectivity index (χ3v) is 0.102. The van der Waals surface area contributed by atoms with Crippen LogP contribution in [0.2, 0.25) is 0 Å². The van der Waals surface area contributed by atoms with E-state index in [1.54, 1.807) is 6.15 Å². The molecule has 0 aromatic heterocycles. The first-order valence-electron chi connectivity index (χ1n) is 1.06. The fourth-order valence-corrected chi connectivity index (χ4v) is 0. The molecule has 0 aromatic carbocycles. The zero-order valence-corrected chi connectivity index (χ0v) is 2.32. The van der Waals surface area contributed by atoms with Crippen molar-refractivity contribution in [2.45, 2.75) is 6.42 Å². The Bertz CT molecular complexity index is 33.0. The molecule has 1 radical (unpaired) electrons. The van der Waals surface area contributed by atoms with Crippen molar-refractivity contribution in [1.29, 1.82) is 0 Å². The predicted octanol–water partition coefficient (Wildman–Crippen LogP) is 0.600. The van der Waals surface area contributed by atoms with Crippen molar-refractivity contribution in [3.63, 3.8) is 0 Å². The van der Waals surface area contributed by atoms with Crippen LogP contribution in [0.5, 0.6) is 0 Å². The van der Waals surface area contributed by atoms with Crippen molar-refractivity contribution in [3.05, 3.63) is 6.92 Å². The van der Waals surface area contributed by atoms with E-state index >= 15 is 0 Å². The molecule has 1 nitrogen and oxygen atoms in total. The number of rotatable bonds is 0. The quantitative estimate of drug-likeness (QED) is 0.362. The Morgan fingerprint density at radius 1 is 2.00 bits per heavy atom. The van der Waals surface area contributed by atoms with E-state index in [4.69, 9.17) is 4.65 Å². The summed E-state index contributed by atoms with van der Waals surface area (Å²) < 4.78 is 8.99. The molecule has 0 N–H and O–H groups in total. The first-order chi connectivity index (χ1) is 1.91. The molecule has 21 valence electrons. The van der Waals surface area contributed by atoms with Crippen LogP contribution in [0.1, 0.15) is 6.42 Å². The Hall–Kier alpha value is -0.260. The van der Waals surface area contributed by atoms with E-state index in [0.29, 0.717) is 0 Å². The molecule has 0 fully saturated rings. The van der Waals surface area contributed by atoms with Gasteiger partial charge in [-0.1, -0.05) is 0 Å². The average molecular weight is 56.1 g/mol. The van der Waals surface area contributed by atoms with Gasteiger partial charge in [-0.05, 0) is 0 Å². The second kappa shape index (κ2) is 2.74. The second-order valence-electron chi connectivity index (χ2n) is 0.394. The van der Waals surface area contributed by atoms with Gasteiger partial charge in [0.1, 0.15) is 0 Å². The third kappa shape index (κ3) is 1.74. The van der Waals surface area contributed by atoms with Gasteiger partial charge in [-0.2, -0.15) is 0 Å². The molecule has 0 amide bonds. The molecule has 0 rings (SSSR count). The molecule has 0 atom stereocenters. The van der Waals surface area contributed by atoms with Gasteiger partial charge in [0.15, 0.2) is 0 Å². The van der Waals surface area contributed by atoms with Crippen molar-refractivity contribution in [3.8, 4) is 6.15 Å². The fraction of sp³-hybridized carbons (Fsp3) is 0.333. The second-order valence-corrected chi connectivity index (χ2v) is 0.394. The summed E-state index contributed by atoms with van der Waals surface area (Å²) in [5.41, 5.74) is 0. The summed E-state index contributed by atoms with van der Waals surface area (Å²) in [6.07, 6.45) is 1.83. The molecular formula is C3H4O+. The minimum absolute atomic E-state index is 0.264. The van der Waals surface area contributed by atoms with E-state index in [-0.39, 0.29) is 6.42 Å². The Morgan fingerprint density at radius 3 is 2.25 bits per heavy atom. The first-order valence-corrected chi connectivity index (χ1v) is 1.06. The molecule has 0 saturated carbocycles. The topological polar surface area (TPSA) is 19.9 Å². The van der Waals surface area contributed by atoms with Crippen LogP contribution in [-0.2, 0) is 4.65 Å². The number of hydrogen-bond donors (Lipinski definition) is 0. The van der Waals surface area contributed by atoms with Crippen molar-refractivity contribution >= 4 is 0 Å². The summed E-state index contributed by atoms with van der Waals surface area (Å²) in [6, 6.07) is 0. The van der Waals surface area contributed by atoms with Gasteiger partial charge in [0, 0.05) is 0 Å². The third-order valence-electron chi connectivity index (χ3n) is 0.102. The molecule has 1 heteroatoms. The average Bonchev–Trinajstić information content (AvgIpc) is 1.37. The molecule has 0 saturated heterocycles. The predicted molar refractivity (Wildman–Crippen MR) is 14.5 cm³/mol.